The van der Waals surface area contributed by atoms with E-state index in [1.165, 1.54) is 45.2 Å². The lowest BCUT2D eigenvalue weighted by Crippen LogP contribution is -2.55. The highest BCUT2D eigenvalue weighted by Gasteiger charge is 2.47. The van der Waals surface area contributed by atoms with E-state index in [0.717, 1.165) is 19.3 Å². The second-order valence-corrected chi connectivity index (χ2v) is 6.36. The van der Waals surface area contributed by atoms with Crippen molar-refractivity contribution in [1.82, 2.24) is 10.2 Å². The Kier molecular flexibility index (Phi) is 3.32. The predicted molar refractivity (Wildman–Crippen MR) is 71.1 cm³/mol. The number of hydrogen-bond donors (Lipinski definition) is 2. The molecule has 0 aromatic rings. The van der Waals surface area contributed by atoms with Crippen LogP contribution in [0.5, 0.6) is 0 Å². The topological polar surface area (TPSA) is 58.4 Å². The normalized spacial score (nSPS) is 37.9. The summed E-state index contributed by atoms with van der Waals surface area (Å²) < 4.78 is 0. The third kappa shape index (κ3) is 2.41. The molecule has 2 aliphatic carbocycles. The second kappa shape index (κ2) is 4.82. The Hall–Kier alpha value is -0.610. The van der Waals surface area contributed by atoms with Gasteiger partial charge >= 0.3 is 0 Å². The van der Waals surface area contributed by atoms with Gasteiger partial charge in [0, 0.05) is 12.1 Å². The molecule has 2 unspecified atom stereocenters. The Morgan fingerprint density at radius 1 is 1.17 bits per heavy atom. The zero-order valence-electron chi connectivity index (χ0n) is 11.2. The molecule has 1 saturated heterocycles. The Morgan fingerprint density at radius 2 is 1.89 bits per heavy atom. The van der Waals surface area contributed by atoms with Gasteiger partial charge in [0.05, 0.1) is 5.54 Å². The lowest BCUT2D eigenvalue weighted by atomic mass is 9.95. The molecule has 3 rings (SSSR count). The van der Waals surface area contributed by atoms with Crippen molar-refractivity contribution in [1.29, 1.82) is 0 Å². The van der Waals surface area contributed by atoms with Crippen molar-refractivity contribution in [2.45, 2.75) is 69.0 Å². The van der Waals surface area contributed by atoms with Crippen molar-refractivity contribution in [3.8, 4) is 0 Å². The third-order valence-corrected chi connectivity index (χ3v) is 4.92. The van der Waals surface area contributed by atoms with E-state index in [4.69, 9.17) is 5.73 Å². The number of rotatable bonds is 4. The largest absolute Gasteiger partial charge is 0.368 e. The molecule has 4 heteroatoms. The first-order chi connectivity index (χ1) is 8.70. The molecule has 0 aromatic carbocycles. The quantitative estimate of drug-likeness (QED) is 0.784. The summed E-state index contributed by atoms with van der Waals surface area (Å²) in [5, 5.41) is 3.53. The fourth-order valence-corrected chi connectivity index (χ4v) is 3.66. The molecule has 1 heterocycles. The molecule has 0 spiro atoms. The van der Waals surface area contributed by atoms with Crippen LogP contribution in [0, 0.1) is 0 Å². The maximum atomic E-state index is 11.9. The van der Waals surface area contributed by atoms with Crippen LogP contribution in [0.25, 0.3) is 0 Å². The molecule has 1 amide bonds. The minimum Gasteiger partial charge on any atom is -0.368 e. The Labute approximate surface area is 109 Å². The van der Waals surface area contributed by atoms with Crippen LogP contribution in [0.1, 0.15) is 51.4 Å². The first kappa shape index (κ1) is 12.4. The highest BCUT2D eigenvalue weighted by atomic mass is 16.1. The summed E-state index contributed by atoms with van der Waals surface area (Å²) in [4.78, 5) is 14.4. The SMILES string of the molecule is NC(=O)C1(NC2CC2)CCC(N2CCCCC2)C1. The van der Waals surface area contributed by atoms with Crippen molar-refractivity contribution in [3.63, 3.8) is 0 Å². The molecule has 2 atom stereocenters. The maximum absolute atomic E-state index is 11.9. The lowest BCUT2D eigenvalue weighted by Gasteiger charge is -2.34. The Bertz CT molecular complexity index is 323. The van der Waals surface area contributed by atoms with Crippen molar-refractivity contribution >= 4 is 5.91 Å². The summed E-state index contributed by atoms with van der Waals surface area (Å²) in [5.41, 5.74) is 5.28. The van der Waals surface area contributed by atoms with Gasteiger partial charge in [-0.25, -0.2) is 0 Å². The van der Waals surface area contributed by atoms with E-state index in [1.807, 2.05) is 0 Å². The number of carbonyl (C=O) groups excluding carboxylic acids is 1. The van der Waals surface area contributed by atoms with E-state index in [-0.39, 0.29) is 5.91 Å². The molecule has 0 aromatic heterocycles. The molecule has 3 N–H and O–H groups in total. The monoisotopic (exact) mass is 251 g/mol. The van der Waals surface area contributed by atoms with Crippen LogP contribution in [0.4, 0.5) is 0 Å². The average molecular weight is 251 g/mol. The molecule has 2 saturated carbocycles. The molecule has 0 radical (unpaired) electrons. The van der Waals surface area contributed by atoms with Gasteiger partial charge in [-0.3, -0.25) is 4.79 Å². The summed E-state index contributed by atoms with van der Waals surface area (Å²) in [6.45, 7) is 2.42. The molecule has 4 nitrogen and oxygen atoms in total. The number of nitrogens with one attached hydrogen (secondary N) is 1. The minimum atomic E-state index is -0.400. The van der Waals surface area contributed by atoms with Gasteiger partial charge in [-0.15, -0.1) is 0 Å². The molecule has 1 aliphatic heterocycles. The Morgan fingerprint density at radius 3 is 2.50 bits per heavy atom. The van der Waals surface area contributed by atoms with Gasteiger partial charge in [0.2, 0.25) is 5.91 Å². The van der Waals surface area contributed by atoms with Gasteiger partial charge in [0.15, 0.2) is 0 Å². The van der Waals surface area contributed by atoms with Crippen molar-refractivity contribution in [3.05, 3.63) is 0 Å². The van der Waals surface area contributed by atoms with Gasteiger partial charge in [-0.1, -0.05) is 6.42 Å². The number of amides is 1. The summed E-state index contributed by atoms with van der Waals surface area (Å²) in [7, 11) is 0. The van der Waals surface area contributed by atoms with E-state index in [9.17, 15) is 4.79 Å². The van der Waals surface area contributed by atoms with Gasteiger partial charge < -0.3 is 16.0 Å². The van der Waals surface area contributed by atoms with Crippen LogP contribution >= 0.6 is 0 Å². The molecule has 0 bridgehead atoms. The first-order valence-electron chi connectivity index (χ1n) is 7.51. The molecule has 102 valence electrons. The highest BCUT2D eigenvalue weighted by Crippen LogP contribution is 2.37. The number of nitrogens with zero attached hydrogens (tertiary/aromatic N) is 1. The molecular weight excluding hydrogens is 226 g/mol. The standard InChI is InChI=1S/C14H25N3O/c15-13(18)14(16-11-4-5-11)7-6-12(10-14)17-8-2-1-3-9-17/h11-12,16H,1-10H2,(H2,15,18). The third-order valence-electron chi connectivity index (χ3n) is 4.92. The van der Waals surface area contributed by atoms with Crippen molar-refractivity contribution < 1.29 is 4.79 Å². The van der Waals surface area contributed by atoms with Crippen LogP contribution < -0.4 is 11.1 Å². The fourth-order valence-electron chi connectivity index (χ4n) is 3.66. The summed E-state index contributed by atoms with van der Waals surface area (Å²) in [6, 6.07) is 1.13. The molecule has 18 heavy (non-hydrogen) atoms. The number of likely N-dealkylation sites (tertiary alicyclic amines) is 1. The van der Waals surface area contributed by atoms with Crippen LogP contribution in [-0.2, 0) is 4.79 Å². The van der Waals surface area contributed by atoms with E-state index in [1.54, 1.807) is 0 Å². The molecule has 3 fully saturated rings. The zero-order valence-corrected chi connectivity index (χ0v) is 11.2. The van der Waals surface area contributed by atoms with Crippen LogP contribution in [0.15, 0.2) is 0 Å². The van der Waals surface area contributed by atoms with Crippen LogP contribution in [0.2, 0.25) is 0 Å². The zero-order chi connectivity index (χ0) is 12.6. The molecule has 3 aliphatic rings. The number of primary amides is 1. The van der Waals surface area contributed by atoms with Gasteiger partial charge in [-0.05, 0) is 58.0 Å². The average Bonchev–Trinajstić information content (AvgIpc) is 3.07. The first-order valence-corrected chi connectivity index (χ1v) is 7.51. The van der Waals surface area contributed by atoms with Crippen LogP contribution in [-0.4, -0.2) is 41.5 Å². The number of piperidine rings is 1. The van der Waals surface area contributed by atoms with E-state index < -0.39 is 5.54 Å². The van der Waals surface area contributed by atoms with E-state index in [2.05, 4.69) is 10.2 Å². The highest BCUT2D eigenvalue weighted by molar-refractivity contribution is 5.85. The van der Waals surface area contributed by atoms with E-state index in [0.29, 0.717) is 12.1 Å². The minimum absolute atomic E-state index is 0.131. The summed E-state index contributed by atoms with van der Waals surface area (Å²) >= 11 is 0. The fraction of sp³-hybridized carbons (Fsp3) is 0.929. The van der Waals surface area contributed by atoms with Crippen LogP contribution in [0.3, 0.4) is 0 Å². The van der Waals surface area contributed by atoms with Gasteiger partial charge in [0.1, 0.15) is 0 Å². The number of nitrogens with two attached hydrogens (primary N) is 1. The molecular formula is C14H25N3O. The van der Waals surface area contributed by atoms with E-state index >= 15 is 0 Å². The summed E-state index contributed by atoms with van der Waals surface area (Å²) in [6.07, 6.45) is 9.41. The van der Waals surface area contributed by atoms with Crippen molar-refractivity contribution in [2.75, 3.05) is 13.1 Å². The Balaban J connectivity index is 1.64. The second-order valence-electron chi connectivity index (χ2n) is 6.36. The number of carbonyl (C=O) groups is 1. The van der Waals surface area contributed by atoms with Crippen molar-refractivity contribution in [2.24, 2.45) is 5.73 Å². The summed E-state index contributed by atoms with van der Waals surface area (Å²) in [5.74, 6) is -0.131. The van der Waals surface area contributed by atoms with Gasteiger partial charge in [0.25, 0.3) is 0 Å². The smallest absolute Gasteiger partial charge is 0.237 e. The maximum Gasteiger partial charge on any atom is 0.237 e. The lowest BCUT2D eigenvalue weighted by molar-refractivity contribution is -0.124. The van der Waals surface area contributed by atoms with Gasteiger partial charge in [-0.2, -0.15) is 0 Å². The number of hydrogen-bond acceptors (Lipinski definition) is 3. The predicted octanol–water partition coefficient (Wildman–Crippen LogP) is 1.00.